The van der Waals surface area contributed by atoms with Crippen molar-refractivity contribution >= 4 is 17.6 Å². The predicted octanol–water partition coefficient (Wildman–Crippen LogP) is 1.68. The average Bonchev–Trinajstić information content (AvgIpc) is 2.37. The molecule has 0 aromatic heterocycles. The van der Waals surface area contributed by atoms with Gasteiger partial charge in [0.15, 0.2) is 6.10 Å². The Morgan fingerprint density at radius 1 is 1.56 bits per heavy atom. The number of carbonyl (C=O) groups is 2. The Bertz CT molecular complexity index is 530. The molecule has 1 N–H and O–H groups in total. The van der Waals surface area contributed by atoms with Gasteiger partial charge in [-0.15, -0.1) is 6.42 Å². The van der Waals surface area contributed by atoms with Crippen molar-refractivity contribution in [3.63, 3.8) is 0 Å². The van der Waals surface area contributed by atoms with Gasteiger partial charge in [-0.2, -0.15) is 0 Å². The zero-order valence-corrected chi connectivity index (χ0v) is 9.97. The molecule has 1 aromatic rings. The number of carbonyl (C=O) groups excluding carboxylic acids is 2. The molecule has 1 amide bonds. The van der Waals surface area contributed by atoms with Crippen molar-refractivity contribution in [1.82, 2.24) is 0 Å². The van der Waals surface area contributed by atoms with E-state index >= 15 is 0 Å². The fourth-order valence-corrected chi connectivity index (χ4v) is 1.91. The van der Waals surface area contributed by atoms with Crippen molar-refractivity contribution < 1.29 is 14.3 Å². The Kier molecular flexibility index (Phi) is 3.33. The standard InChI is InChI=1S/C14H13NO3/c1-3-9(2)18-14(17)11-8-13(16)15-12-7-5-4-6-10(11)12/h1,4-7,9,11H,8H2,2H3,(H,15,16). The maximum atomic E-state index is 12.0. The first kappa shape index (κ1) is 12.2. The summed E-state index contributed by atoms with van der Waals surface area (Å²) in [6.45, 7) is 1.62. The predicted molar refractivity (Wildman–Crippen MR) is 66.8 cm³/mol. The minimum Gasteiger partial charge on any atom is -0.449 e. The van der Waals surface area contributed by atoms with Gasteiger partial charge in [0, 0.05) is 12.1 Å². The number of hydrogen-bond donors (Lipinski definition) is 1. The van der Waals surface area contributed by atoms with E-state index in [0.717, 1.165) is 5.56 Å². The lowest BCUT2D eigenvalue weighted by Crippen LogP contribution is -2.29. The molecule has 1 heterocycles. The number of esters is 1. The van der Waals surface area contributed by atoms with Crippen molar-refractivity contribution in [3.8, 4) is 12.3 Å². The van der Waals surface area contributed by atoms with E-state index in [1.807, 2.05) is 6.07 Å². The average molecular weight is 243 g/mol. The molecule has 92 valence electrons. The van der Waals surface area contributed by atoms with Crippen molar-refractivity contribution in [3.05, 3.63) is 29.8 Å². The van der Waals surface area contributed by atoms with E-state index in [0.29, 0.717) is 5.69 Å². The molecule has 0 aliphatic carbocycles. The second kappa shape index (κ2) is 4.92. The molecule has 2 atom stereocenters. The van der Waals surface area contributed by atoms with E-state index in [4.69, 9.17) is 11.2 Å². The quantitative estimate of drug-likeness (QED) is 0.635. The van der Waals surface area contributed by atoms with Gasteiger partial charge in [-0.3, -0.25) is 9.59 Å². The van der Waals surface area contributed by atoms with Gasteiger partial charge < -0.3 is 10.1 Å². The van der Waals surface area contributed by atoms with Crippen LogP contribution in [0.2, 0.25) is 0 Å². The van der Waals surface area contributed by atoms with E-state index < -0.39 is 18.0 Å². The normalized spacial score (nSPS) is 19.1. The van der Waals surface area contributed by atoms with Gasteiger partial charge in [-0.25, -0.2) is 0 Å². The Balaban J connectivity index is 2.26. The van der Waals surface area contributed by atoms with E-state index in [1.165, 1.54) is 0 Å². The van der Waals surface area contributed by atoms with Gasteiger partial charge >= 0.3 is 5.97 Å². The fraction of sp³-hybridized carbons (Fsp3) is 0.286. The molecule has 0 bridgehead atoms. The van der Waals surface area contributed by atoms with Crippen LogP contribution in [-0.2, 0) is 14.3 Å². The van der Waals surface area contributed by atoms with Gasteiger partial charge in [0.2, 0.25) is 5.91 Å². The van der Waals surface area contributed by atoms with Crippen LogP contribution in [0.4, 0.5) is 5.69 Å². The van der Waals surface area contributed by atoms with Crippen LogP contribution in [0.1, 0.15) is 24.8 Å². The third kappa shape index (κ3) is 2.35. The highest BCUT2D eigenvalue weighted by Crippen LogP contribution is 2.32. The number of hydrogen-bond acceptors (Lipinski definition) is 3. The van der Waals surface area contributed by atoms with Crippen LogP contribution in [0.5, 0.6) is 0 Å². The largest absolute Gasteiger partial charge is 0.449 e. The van der Waals surface area contributed by atoms with Crippen LogP contribution in [0, 0.1) is 12.3 Å². The molecule has 0 spiro atoms. The second-order valence-corrected chi connectivity index (χ2v) is 4.14. The van der Waals surface area contributed by atoms with Crippen molar-refractivity contribution in [2.24, 2.45) is 0 Å². The zero-order valence-electron chi connectivity index (χ0n) is 9.97. The number of fused-ring (bicyclic) bond motifs is 1. The van der Waals surface area contributed by atoms with Gasteiger partial charge in [-0.1, -0.05) is 24.1 Å². The number of para-hydroxylation sites is 1. The molecule has 1 aromatic carbocycles. The van der Waals surface area contributed by atoms with Crippen LogP contribution >= 0.6 is 0 Å². The van der Waals surface area contributed by atoms with Gasteiger partial charge in [0.1, 0.15) is 0 Å². The smallest absolute Gasteiger partial charge is 0.315 e. The maximum Gasteiger partial charge on any atom is 0.315 e. The van der Waals surface area contributed by atoms with Gasteiger partial charge in [0.05, 0.1) is 5.92 Å². The summed E-state index contributed by atoms with van der Waals surface area (Å²) >= 11 is 0. The van der Waals surface area contributed by atoms with E-state index in [1.54, 1.807) is 25.1 Å². The molecule has 2 rings (SSSR count). The highest BCUT2D eigenvalue weighted by molar-refractivity contribution is 5.99. The summed E-state index contributed by atoms with van der Waals surface area (Å²) in [7, 11) is 0. The van der Waals surface area contributed by atoms with Crippen LogP contribution in [0.25, 0.3) is 0 Å². The summed E-state index contributed by atoms with van der Waals surface area (Å²) in [5, 5.41) is 2.73. The number of amides is 1. The number of anilines is 1. The Hall–Kier alpha value is -2.28. The number of benzene rings is 1. The van der Waals surface area contributed by atoms with Gasteiger partial charge in [-0.05, 0) is 18.6 Å². The van der Waals surface area contributed by atoms with E-state index in [2.05, 4.69) is 11.2 Å². The summed E-state index contributed by atoms with van der Waals surface area (Å²) in [6.07, 6.45) is 4.67. The molecule has 1 aliphatic heterocycles. The highest BCUT2D eigenvalue weighted by Gasteiger charge is 2.32. The minimum atomic E-state index is -0.588. The lowest BCUT2D eigenvalue weighted by molar-refractivity contribution is -0.149. The first-order valence-corrected chi connectivity index (χ1v) is 5.67. The molecule has 2 unspecified atom stereocenters. The molecule has 0 saturated heterocycles. The molecular weight excluding hydrogens is 230 g/mol. The zero-order chi connectivity index (χ0) is 13.1. The Labute approximate surface area is 105 Å². The lowest BCUT2D eigenvalue weighted by Gasteiger charge is -2.24. The number of nitrogens with one attached hydrogen (secondary N) is 1. The highest BCUT2D eigenvalue weighted by atomic mass is 16.5. The van der Waals surface area contributed by atoms with Gasteiger partial charge in [0.25, 0.3) is 0 Å². The summed E-state index contributed by atoms with van der Waals surface area (Å²) in [6, 6.07) is 7.19. The first-order valence-electron chi connectivity index (χ1n) is 5.67. The number of terminal acetylenes is 1. The number of rotatable bonds is 2. The summed E-state index contributed by atoms with van der Waals surface area (Å²) in [5.74, 6) is 1.10. The molecule has 0 saturated carbocycles. The first-order chi connectivity index (χ1) is 8.61. The van der Waals surface area contributed by atoms with E-state index in [9.17, 15) is 9.59 Å². The number of ether oxygens (including phenoxy) is 1. The topological polar surface area (TPSA) is 55.4 Å². The lowest BCUT2D eigenvalue weighted by atomic mass is 9.90. The van der Waals surface area contributed by atoms with Crippen LogP contribution < -0.4 is 5.32 Å². The molecule has 0 fully saturated rings. The minimum absolute atomic E-state index is 0.0904. The van der Waals surface area contributed by atoms with Crippen LogP contribution in [0.15, 0.2) is 24.3 Å². The van der Waals surface area contributed by atoms with Crippen molar-refractivity contribution in [2.75, 3.05) is 5.32 Å². The van der Waals surface area contributed by atoms with E-state index in [-0.39, 0.29) is 12.3 Å². The Morgan fingerprint density at radius 2 is 2.28 bits per heavy atom. The molecule has 4 nitrogen and oxygen atoms in total. The third-order valence-corrected chi connectivity index (χ3v) is 2.81. The molecular formula is C14H13NO3. The summed E-state index contributed by atoms with van der Waals surface area (Å²) in [5.41, 5.74) is 1.43. The van der Waals surface area contributed by atoms with Crippen molar-refractivity contribution in [1.29, 1.82) is 0 Å². The molecule has 4 heteroatoms. The second-order valence-electron chi connectivity index (χ2n) is 4.14. The maximum absolute atomic E-state index is 12.0. The molecule has 18 heavy (non-hydrogen) atoms. The molecule has 1 aliphatic rings. The summed E-state index contributed by atoms with van der Waals surface area (Å²) < 4.78 is 5.09. The third-order valence-electron chi connectivity index (χ3n) is 2.81. The van der Waals surface area contributed by atoms with Crippen LogP contribution in [0.3, 0.4) is 0 Å². The fourth-order valence-electron chi connectivity index (χ4n) is 1.91. The van der Waals surface area contributed by atoms with Crippen LogP contribution in [-0.4, -0.2) is 18.0 Å². The van der Waals surface area contributed by atoms with Crippen molar-refractivity contribution in [2.45, 2.75) is 25.4 Å². The molecule has 0 radical (unpaired) electrons. The Morgan fingerprint density at radius 3 is 3.00 bits per heavy atom. The SMILES string of the molecule is C#CC(C)OC(=O)C1CC(=O)Nc2ccccc21. The summed E-state index contributed by atoms with van der Waals surface area (Å²) in [4.78, 5) is 23.5. The monoisotopic (exact) mass is 243 g/mol.